The molecule has 0 aliphatic heterocycles. The minimum Gasteiger partial charge on any atom is -0.476 e. The molecule has 0 aromatic rings. The molecule has 56 valence electrons. The van der Waals surface area contributed by atoms with Crippen LogP contribution >= 0.6 is 0 Å². The van der Waals surface area contributed by atoms with Gasteiger partial charge in [0.15, 0.2) is 0 Å². The second-order valence-corrected chi connectivity index (χ2v) is 2.30. The van der Waals surface area contributed by atoms with Gasteiger partial charge in [-0.25, -0.2) is 11.4 Å². The third-order valence-corrected chi connectivity index (χ3v) is 1.58. The third kappa shape index (κ3) is 2.06. The van der Waals surface area contributed by atoms with E-state index in [1.165, 1.54) is 0 Å². The van der Waals surface area contributed by atoms with E-state index in [9.17, 15) is 4.79 Å². The first-order valence-corrected chi connectivity index (χ1v) is 3.22. The molecule has 0 rings (SSSR count). The number of rotatable bonds is 3. The van der Waals surface area contributed by atoms with E-state index in [0.29, 0.717) is 0 Å². The van der Waals surface area contributed by atoms with E-state index >= 15 is 0 Å². The average Bonchev–Trinajstić information content (AvgIpc) is 1.88. The molecular formula is C7H11NO2. The summed E-state index contributed by atoms with van der Waals surface area (Å²) in [5.41, 5.74) is 0. The highest BCUT2D eigenvalue weighted by atomic mass is 16.4. The zero-order chi connectivity index (χ0) is 8.15. The second kappa shape index (κ2) is 3.89. The van der Waals surface area contributed by atoms with Gasteiger partial charge < -0.3 is 9.95 Å². The van der Waals surface area contributed by atoms with Gasteiger partial charge in [-0.3, -0.25) is 0 Å². The highest BCUT2D eigenvalue weighted by Crippen LogP contribution is 2.10. The smallest absolute Gasteiger partial charge is 0.388 e. The maximum Gasteiger partial charge on any atom is 0.388 e. The molecule has 0 saturated heterocycles. The molecule has 2 unspecified atom stereocenters. The van der Waals surface area contributed by atoms with E-state index in [4.69, 9.17) is 11.7 Å². The summed E-state index contributed by atoms with van der Waals surface area (Å²) >= 11 is 0. The molecule has 1 N–H and O–H groups in total. The van der Waals surface area contributed by atoms with Crippen molar-refractivity contribution in [1.29, 1.82) is 0 Å². The Morgan fingerprint density at radius 2 is 2.30 bits per heavy atom. The van der Waals surface area contributed by atoms with Gasteiger partial charge in [0, 0.05) is 5.92 Å². The van der Waals surface area contributed by atoms with E-state index in [0.717, 1.165) is 6.42 Å². The minimum absolute atomic E-state index is 0.0463. The van der Waals surface area contributed by atoms with Gasteiger partial charge in [0.1, 0.15) is 0 Å². The Morgan fingerprint density at radius 3 is 2.40 bits per heavy atom. The number of carbonyl (C=O) groups is 1. The van der Waals surface area contributed by atoms with Crippen LogP contribution in [0.3, 0.4) is 0 Å². The lowest BCUT2D eigenvalue weighted by Gasteiger charge is -2.05. The highest BCUT2D eigenvalue weighted by Gasteiger charge is 2.28. The fourth-order valence-corrected chi connectivity index (χ4v) is 0.649. The molecule has 0 bridgehead atoms. The van der Waals surface area contributed by atoms with Crippen molar-refractivity contribution in [2.75, 3.05) is 0 Å². The van der Waals surface area contributed by atoms with Crippen LogP contribution in [0.2, 0.25) is 0 Å². The number of carboxylic acids is 1. The monoisotopic (exact) mass is 141 g/mol. The predicted octanol–water partition coefficient (Wildman–Crippen LogP) is 1.40. The molecule has 0 aliphatic rings. The lowest BCUT2D eigenvalue weighted by atomic mass is 10.0. The summed E-state index contributed by atoms with van der Waals surface area (Å²) < 4.78 is 0. The summed E-state index contributed by atoms with van der Waals surface area (Å²) in [6, 6.07) is -0.856. The predicted molar refractivity (Wildman–Crippen MR) is 37.5 cm³/mol. The summed E-state index contributed by atoms with van der Waals surface area (Å²) in [6.07, 6.45) is 0.735. The fraction of sp³-hybridized carbons (Fsp3) is 0.714. The Balaban J connectivity index is 4.10. The number of aliphatic carboxylic acids is 1. The van der Waals surface area contributed by atoms with Gasteiger partial charge >= 0.3 is 12.0 Å². The van der Waals surface area contributed by atoms with Gasteiger partial charge in [-0.05, 0) is 6.42 Å². The first-order chi connectivity index (χ1) is 4.63. The van der Waals surface area contributed by atoms with Gasteiger partial charge in [0.25, 0.3) is 0 Å². The molecule has 0 saturated carbocycles. The molecule has 0 aromatic carbocycles. The largest absolute Gasteiger partial charge is 0.476 e. The Morgan fingerprint density at radius 1 is 1.80 bits per heavy atom. The quantitative estimate of drug-likeness (QED) is 0.603. The summed E-state index contributed by atoms with van der Waals surface area (Å²) in [5, 5.41) is 8.46. The van der Waals surface area contributed by atoms with E-state index in [1.807, 2.05) is 6.92 Å². The molecule has 0 heterocycles. The molecule has 2 atom stereocenters. The van der Waals surface area contributed by atoms with Gasteiger partial charge in [-0.1, -0.05) is 13.8 Å². The van der Waals surface area contributed by atoms with E-state index < -0.39 is 12.0 Å². The molecule has 0 radical (unpaired) electrons. The molecule has 3 heteroatoms. The highest BCUT2D eigenvalue weighted by molar-refractivity contribution is 5.75. The SMILES string of the molecule is [C-]#[N+]C(C(=O)O)C(C)CC. The van der Waals surface area contributed by atoms with Crippen LogP contribution in [-0.4, -0.2) is 17.1 Å². The van der Waals surface area contributed by atoms with Crippen LogP contribution in [0.15, 0.2) is 0 Å². The number of nitrogens with zero attached hydrogens (tertiary/aromatic N) is 1. The van der Waals surface area contributed by atoms with E-state index in [2.05, 4.69) is 4.85 Å². The number of hydrogen-bond acceptors (Lipinski definition) is 1. The second-order valence-electron chi connectivity index (χ2n) is 2.30. The van der Waals surface area contributed by atoms with Gasteiger partial charge in [0.05, 0.1) is 0 Å². The zero-order valence-electron chi connectivity index (χ0n) is 6.16. The van der Waals surface area contributed by atoms with Gasteiger partial charge in [-0.15, -0.1) is 0 Å². The van der Waals surface area contributed by atoms with Crippen LogP contribution in [0, 0.1) is 12.5 Å². The average molecular weight is 141 g/mol. The molecular weight excluding hydrogens is 130 g/mol. The lowest BCUT2D eigenvalue weighted by molar-refractivity contribution is -0.138. The van der Waals surface area contributed by atoms with Gasteiger partial charge in [-0.2, -0.15) is 0 Å². The number of carboxylic acid groups (broad SMARTS) is 1. The molecule has 0 fully saturated rings. The van der Waals surface area contributed by atoms with Crippen LogP contribution in [0.5, 0.6) is 0 Å². The Labute approximate surface area is 60.5 Å². The molecule has 10 heavy (non-hydrogen) atoms. The maximum absolute atomic E-state index is 10.3. The van der Waals surface area contributed by atoms with Crippen LogP contribution in [0.1, 0.15) is 20.3 Å². The fourth-order valence-electron chi connectivity index (χ4n) is 0.649. The number of hydrogen-bond donors (Lipinski definition) is 1. The molecule has 0 amide bonds. The standard InChI is InChI=1S/C7H11NO2/c1-4-5(2)6(8-3)7(9)10/h5-6H,4H2,1-2H3,(H,9,10). The van der Waals surface area contributed by atoms with Gasteiger partial charge in [0.2, 0.25) is 0 Å². The molecule has 0 aromatic heterocycles. The van der Waals surface area contributed by atoms with Crippen molar-refractivity contribution in [3.8, 4) is 0 Å². The van der Waals surface area contributed by atoms with Crippen molar-refractivity contribution in [2.24, 2.45) is 5.92 Å². The maximum atomic E-state index is 10.3. The summed E-state index contributed by atoms with van der Waals surface area (Å²) in [5.74, 6) is -1.06. The van der Waals surface area contributed by atoms with Crippen molar-refractivity contribution in [3.63, 3.8) is 0 Å². The van der Waals surface area contributed by atoms with Crippen molar-refractivity contribution in [2.45, 2.75) is 26.3 Å². The van der Waals surface area contributed by atoms with E-state index in [-0.39, 0.29) is 5.92 Å². The Hall–Kier alpha value is -1.04. The zero-order valence-corrected chi connectivity index (χ0v) is 6.16. The van der Waals surface area contributed by atoms with Crippen LogP contribution < -0.4 is 0 Å². The van der Waals surface area contributed by atoms with Crippen molar-refractivity contribution >= 4 is 5.97 Å². The summed E-state index contributed by atoms with van der Waals surface area (Å²) in [6.45, 7) is 10.2. The Bertz CT molecular complexity index is 159. The van der Waals surface area contributed by atoms with Crippen LogP contribution in [-0.2, 0) is 4.79 Å². The molecule has 0 aliphatic carbocycles. The first kappa shape index (κ1) is 8.96. The topological polar surface area (TPSA) is 41.7 Å². The Kier molecular flexibility index (Phi) is 3.48. The normalized spacial score (nSPS) is 15.3. The molecule has 0 spiro atoms. The van der Waals surface area contributed by atoms with Crippen molar-refractivity contribution < 1.29 is 9.90 Å². The summed E-state index contributed by atoms with van der Waals surface area (Å²) in [7, 11) is 0. The van der Waals surface area contributed by atoms with Crippen LogP contribution in [0.4, 0.5) is 0 Å². The van der Waals surface area contributed by atoms with E-state index in [1.54, 1.807) is 6.92 Å². The van der Waals surface area contributed by atoms with Crippen LogP contribution in [0.25, 0.3) is 4.85 Å². The lowest BCUT2D eigenvalue weighted by Crippen LogP contribution is -2.23. The third-order valence-electron chi connectivity index (χ3n) is 1.58. The minimum atomic E-state index is -1.01. The van der Waals surface area contributed by atoms with Crippen molar-refractivity contribution in [3.05, 3.63) is 11.4 Å². The van der Waals surface area contributed by atoms with Crippen molar-refractivity contribution in [1.82, 2.24) is 0 Å². The summed E-state index contributed by atoms with van der Waals surface area (Å²) in [4.78, 5) is 13.3. The molecule has 3 nitrogen and oxygen atoms in total. The first-order valence-electron chi connectivity index (χ1n) is 3.22.